The molecule has 0 aromatic heterocycles. The summed E-state index contributed by atoms with van der Waals surface area (Å²) in [5.74, 6) is -0.588. The Hall–Kier alpha value is -3.02. The predicted octanol–water partition coefficient (Wildman–Crippen LogP) is -0.0519. The van der Waals surface area contributed by atoms with E-state index in [1.165, 1.54) is 56.7 Å². The van der Waals surface area contributed by atoms with Gasteiger partial charge in [-0.1, -0.05) is 0 Å². The van der Waals surface area contributed by atoms with E-state index < -0.39 is 48.9 Å². The largest absolute Gasteiger partial charge is 0.493 e. The molecule has 4 N–H and O–H groups in total. The number of methoxy groups -OCH3 is 2. The number of ether oxygens (including phenoxy) is 4. The Balaban J connectivity index is 1.71. The van der Waals surface area contributed by atoms with E-state index in [9.17, 15) is 30.0 Å². The zero-order chi connectivity index (χ0) is 23.4. The second kappa shape index (κ2) is 10.1. The van der Waals surface area contributed by atoms with Crippen LogP contribution in [0.2, 0.25) is 0 Å². The van der Waals surface area contributed by atoms with Gasteiger partial charge in [0, 0.05) is 11.1 Å². The average molecular weight is 448 g/mol. The number of benzene rings is 2. The van der Waals surface area contributed by atoms with Crippen molar-refractivity contribution < 1.29 is 49.0 Å². The van der Waals surface area contributed by atoms with Crippen LogP contribution < -0.4 is 14.2 Å². The quantitative estimate of drug-likeness (QED) is 0.319. The molecule has 5 atom stereocenters. The van der Waals surface area contributed by atoms with Gasteiger partial charge in [0.1, 0.15) is 30.2 Å². The fraction of sp³-hybridized carbons (Fsp3) is 0.364. The van der Waals surface area contributed by atoms with Crippen LogP contribution in [0.25, 0.3) is 0 Å². The monoisotopic (exact) mass is 448 g/mol. The highest BCUT2D eigenvalue weighted by Crippen LogP contribution is 2.28. The summed E-state index contributed by atoms with van der Waals surface area (Å²) >= 11 is 0. The zero-order valence-corrected chi connectivity index (χ0v) is 17.4. The molecule has 3 rings (SSSR count). The van der Waals surface area contributed by atoms with Crippen molar-refractivity contribution >= 4 is 11.6 Å². The highest BCUT2D eigenvalue weighted by molar-refractivity contribution is 6.49. The van der Waals surface area contributed by atoms with E-state index >= 15 is 0 Å². The van der Waals surface area contributed by atoms with Crippen molar-refractivity contribution in [1.29, 1.82) is 0 Å². The topological polar surface area (TPSA) is 152 Å². The van der Waals surface area contributed by atoms with Crippen LogP contribution in [0.4, 0.5) is 0 Å². The summed E-state index contributed by atoms with van der Waals surface area (Å²) in [7, 11) is 2.88. The molecule has 10 heteroatoms. The van der Waals surface area contributed by atoms with Crippen LogP contribution in [0.1, 0.15) is 20.7 Å². The number of rotatable bonds is 8. The molecule has 0 amide bonds. The summed E-state index contributed by atoms with van der Waals surface area (Å²) in [6.07, 6.45) is -7.12. The number of hydrogen-bond acceptors (Lipinski definition) is 10. The molecule has 1 heterocycles. The number of Topliss-reactive ketones (excluding diaryl/α,β-unsaturated/α-hetero) is 2. The normalized spacial score (nSPS) is 25.1. The van der Waals surface area contributed by atoms with Gasteiger partial charge in [0.2, 0.25) is 17.9 Å². The first-order chi connectivity index (χ1) is 15.3. The molecule has 0 saturated carbocycles. The third-order valence-electron chi connectivity index (χ3n) is 5.07. The highest BCUT2D eigenvalue weighted by Gasteiger charge is 2.44. The molecule has 10 nitrogen and oxygen atoms in total. The molecule has 0 spiro atoms. The summed E-state index contributed by atoms with van der Waals surface area (Å²) in [5, 5.41) is 38.9. The van der Waals surface area contributed by atoms with Gasteiger partial charge in [-0.3, -0.25) is 9.59 Å². The van der Waals surface area contributed by atoms with Crippen molar-refractivity contribution in [2.24, 2.45) is 0 Å². The molecule has 1 saturated heterocycles. The summed E-state index contributed by atoms with van der Waals surface area (Å²) in [4.78, 5) is 25.2. The van der Waals surface area contributed by atoms with Crippen LogP contribution in [0.5, 0.6) is 17.2 Å². The molecule has 2 aromatic carbocycles. The molecular formula is C22H24O10. The van der Waals surface area contributed by atoms with Gasteiger partial charge in [-0.2, -0.15) is 0 Å². The molecule has 1 aliphatic heterocycles. The number of carbonyl (C=O) groups excluding carboxylic acids is 2. The molecule has 0 unspecified atom stereocenters. The summed E-state index contributed by atoms with van der Waals surface area (Å²) in [6.45, 7) is -0.587. The van der Waals surface area contributed by atoms with Gasteiger partial charge >= 0.3 is 0 Å². The van der Waals surface area contributed by atoms with E-state index in [0.29, 0.717) is 11.5 Å². The Kier molecular flexibility index (Phi) is 7.44. The van der Waals surface area contributed by atoms with Crippen LogP contribution >= 0.6 is 0 Å². The molecule has 1 aliphatic rings. The third-order valence-corrected chi connectivity index (χ3v) is 5.07. The minimum atomic E-state index is -1.58. The van der Waals surface area contributed by atoms with Crippen molar-refractivity contribution in [2.45, 2.75) is 30.7 Å². The SMILES string of the molecule is COc1ccc(C(=O)C(=O)c2ccc(O[C@@H]3O[C@H](CO)[C@@H](O)[C@H](O)[C@H]3O)cc2)cc1OC. The second-order valence-corrected chi connectivity index (χ2v) is 7.07. The van der Waals surface area contributed by atoms with E-state index in [1.54, 1.807) is 0 Å². The first kappa shape index (κ1) is 23.6. The molecule has 0 bridgehead atoms. The van der Waals surface area contributed by atoms with Gasteiger partial charge in [0.05, 0.1) is 20.8 Å². The van der Waals surface area contributed by atoms with Crippen LogP contribution in [0, 0.1) is 0 Å². The van der Waals surface area contributed by atoms with E-state index in [0.717, 1.165) is 0 Å². The number of aliphatic hydroxyl groups is 4. The van der Waals surface area contributed by atoms with Gasteiger partial charge in [0.15, 0.2) is 11.5 Å². The summed E-state index contributed by atoms with van der Waals surface area (Å²) in [5.41, 5.74) is 0.236. The van der Waals surface area contributed by atoms with E-state index in [1.807, 2.05) is 0 Å². The number of carbonyl (C=O) groups is 2. The maximum atomic E-state index is 12.6. The lowest BCUT2D eigenvalue weighted by Crippen LogP contribution is -2.60. The van der Waals surface area contributed by atoms with Gasteiger partial charge in [-0.15, -0.1) is 0 Å². The first-order valence-corrected chi connectivity index (χ1v) is 9.69. The van der Waals surface area contributed by atoms with Crippen LogP contribution in [0.15, 0.2) is 42.5 Å². The molecule has 32 heavy (non-hydrogen) atoms. The van der Waals surface area contributed by atoms with Crippen LogP contribution in [-0.2, 0) is 4.74 Å². The number of ketones is 2. The Morgan fingerprint density at radius 1 is 0.844 bits per heavy atom. The lowest BCUT2D eigenvalue weighted by molar-refractivity contribution is -0.277. The van der Waals surface area contributed by atoms with Gasteiger partial charge in [-0.25, -0.2) is 0 Å². The lowest BCUT2D eigenvalue weighted by atomic mass is 9.99. The van der Waals surface area contributed by atoms with Gasteiger partial charge < -0.3 is 39.4 Å². The van der Waals surface area contributed by atoms with Gasteiger partial charge in [0.25, 0.3) is 0 Å². The Morgan fingerprint density at radius 3 is 2.03 bits per heavy atom. The first-order valence-electron chi connectivity index (χ1n) is 9.69. The summed E-state index contributed by atoms with van der Waals surface area (Å²) in [6, 6.07) is 9.89. The van der Waals surface area contributed by atoms with Crippen LogP contribution in [0.3, 0.4) is 0 Å². The van der Waals surface area contributed by atoms with E-state index in [-0.39, 0.29) is 16.9 Å². The van der Waals surface area contributed by atoms with E-state index in [2.05, 4.69) is 0 Å². The standard InChI is InChI=1S/C22H24O10/c1-29-14-8-5-12(9-15(14)30-2)18(25)17(24)11-3-6-13(7-4-11)31-22-21(28)20(27)19(26)16(10-23)32-22/h3-9,16,19-23,26-28H,10H2,1-2H3/t16-,19-,20+,21-,22-/m1/s1. The minimum Gasteiger partial charge on any atom is -0.493 e. The van der Waals surface area contributed by atoms with Crippen molar-refractivity contribution in [3.8, 4) is 17.2 Å². The van der Waals surface area contributed by atoms with Crippen molar-refractivity contribution in [3.63, 3.8) is 0 Å². The molecule has 2 aromatic rings. The smallest absolute Gasteiger partial charge is 0.233 e. The molecule has 0 aliphatic carbocycles. The van der Waals surface area contributed by atoms with Crippen molar-refractivity contribution in [3.05, 3.63) is 53.6 Å². The van der Waals surface area contributed by atoms with Crippen LogP contribution in [-0.4, -0.2) is 83.5 Å². The maximum absolute atomic E-state index is 12.6. The number of aliphatic hydroxyl groups excluding tert-OH is 4. The Morgan fingerprint density at radius 2 is 1.44 bits per heavy atom. The van der Waals surface area contributed by atoms with Crippen molar-refractivity contribution in [1.82, 2.24) is 0 Å². The average Bonchev–Trinajstić information content (AvgIpc) is 2.83. The zero-order valence-electron chi connectivity index (χ0n) is 17.4. The molecule has 1 fully saturated rings. The minimum absolute atomic E-state index is 0.103. The van der Waals surface area contributed by atoms with E-state index in [4.69, 9.17) is 18.9 Å². The lowest BCUT2D eigenvalue weighted by Gasteiger charge is -2.39. The molecule has 172 valence electrons. The molecule has 0 radical (unpaired) electrons. The Bertz CT molecular complexity index is 956. The number of hydrogen-bond donors (Lipinski definition) is 4. The fourth-order valence-electron chi connectivity index (χ4n) is 3.22. The van der Waals surface area contributed by atoms with Crippen molar-refractivity contribution in [2.75, 3.05) is 20.8 Å². The van der Waals surface area contributed by atoms with Gasteiger partial charge in [-0.05, 0) is 42.5 Å². The highest BCUT2D eigenvalue weighted by atomic mass is 16.7. The second-order valence-electron chi connectivity index (χ2n) is 7.07. The fourth-order valence-corrected chi connectivity index (χ4v) is 3.22. The Labute approximate surface area is 183 Å². The predicted molar refractivity (Wildman–Crippen MR) is 109 cm³/mol. The third kappa shape index (κ3) is 4.74. The maximum Gasteiger partial charge on any atom is 0.233 e. The molecular weight excluding hydrogens is 424 g/mol. The summed E-state index contributed by atoms with van der Waals surface area (Å²) < 4.78 is 21.0.